The molecule has 0 fully saturated rings. The first-order valence-corrected chi connectivity index (χ1v) is 5.22. The third-order valence-electron chi connectivity index (χ3n) is 2.20. The Bertz CT molecular complexity index is 539. The molecule has 0 aliphatic heterocycles. The van der Waals surface area contributed by atoms with E-state index in [1.165, 1.54) is 4.68 Å². The van der Waals surface area contributed by atoms with Crippen molar-refractivity contribution in [2.45, 2.75) is 6.92 Å². The Kier molecular flexibility index (Phi) is 2.40. The molecule has 0 spiro atoms. The topological polar surface area (TPSA) is 63.8 Å². The number of nitrogen functional groups attached to an aromatic ring is 1. The zero-order chi connectivity index (χ0) is 11.0. The summed E-state index contributed by atoms with van der Waals surface area (Å²) >= 11 is 3.33. The first kappa shape index (κ1) is 10.0. The second-order valence-electron chi connectivity index (χ2n) is 3.27. The number of aromatic nitrogens is 2. The summed E-state index contributed by atoms with van der Waals surface area (Å²) in [5, 5.41) is 2.91. The van der Waals surface area contributed by atoms with Crippen LogP contribution in [0.4, 0.5) is 5.69 Å². The number of nitrogens with two attached hydrogens (primary N) is 1. The molecule has 0 atom stereocenters. The number of halogens is 1. The molecule has 3 N–H and O–H groups in total. The number of aromatic amines is 1. The second-order valence-corrected chi connectivity index (χ2v) is 4.18. The monoisotopic (exact) mass is 267 g/mol. The molecule has 5 heteroatoms. The SMILES string of the molecule is Cc1[nH]n(-c2ccc(Br)cc2)c(=O)c1N. The van der Waals surface area contributed by atoms with Gasteiger partial charge < -0.3 is 5.73 Å². The van der Waals surface area contributed by atoms with Gasteiger partial charge in [-0.2, -0.15) is 0 Å². The summed E-state index contributed by atoms with van der Waals surface area (Å²) in [6.45, 7) is 1.77. The molecule has 0 amide bonds. The molecule has 0 aliphatic carbocycles. The predicted octanol–water partition coefficient (Wildman–Crippen LogP) is 1.82. The average molecular weight is 268 g/mol. The van der Waals surface area contributed by atoms with Crippen LogP contribution in [0.5, 0.6) is 0 Å². The highest BCUT2D eigenvalue weighted by molar-refractivity contribution is 9.10. The Morgan fingerprint density at radius 1 is 1.33 bits per heavy atom. The van der Waals surface area contributed by atoms with Crippen LogP contribution >= 0.6 is 15.9 Å². The summed E-state index contributed by atoms with van der Waals surface area (Å²) in [7, 11) is 0. The van der Waals surface area contributed by atoms with E-state index >= 15 is 0 Å². The minimum absolute atomic E-state index is 0.213. The fraction of sp³-hybridized carbons (Fsp3) is 0.100. The number of rotatable bonds is 1. The number of hydrogen-bond donors (Lipinski definition) is 2. The maximum atomic E-state index is 11.7. The first-order valence-electron chi connectivity index (χ1n) is 4.42. The molecule has 0 saturated heterocycles. The molecule has 78 valence electrons. The van der Waals surface area contributed by atoms with Crippen molar-refractivity contribution in [1.29, 1.82) is 0 Å². The van der Waals surface area contributed by atoms with Gasteiger partial charge in [0.1, 0.15) is 5.69 Å². The summed E-state index contributed by atoms with van der Waals surface area (Å²) in [5.41, 5.74) is 7.09. The zero-order valence-corrected chi connectivity index (χ0v) is 9.71. The van der Waals surface area contributed by atoms with E-state index in [-0.39, 0.29) is 11.2 Å². The number of anilines is 1. The maximum Gasteiger partial charge on any atom is 0.294 e. The van der Waals surface area contributed by atoms with Crippen molar-refractivity contribution in [1.82, 2.24) is 9.78 Å². The van der Waals surface area contributed by atoms with Crippen LogP contribution in [-0.4, -0.2) is 9.78 Å². The van der Waals surface area contributed by atoms with E-state index in [2.05, 4.69) is 21.0 Å². The fourth-order valence-electron chi connectivity index (χ4n) is 1.33. The van der Waals surface area contributed by atoms with Crippen LogP contribution in [0.3, 0.4) is 0 Å². The van der Waals surface area contributed by atoms with Gasteiger partial charge in [0.25, 0.3) is 5.56 Å². The summed E-state index contributed by atoms with van der Waals surface area (Å²) in [6.07, 6.45) is 0. The van der Waals surface area contributed by atoms with Gasteiger partial charge in [-0.1, -0.05) is 15.9 Å². The van der Waals surface area contributed by atoms with Gasteiger partial charge in [0, 0.05) is 4.47 Å². The van der Waals surface area contributed by atoms with Crippen molar-refractivity contribution in [3.05, 3.63) is 44.8 Å². The third kappa shape index (κ3) is 1.70. The van der Waals surface area contributed by atoms with E-state index in [0.29, 0.717) is 5.69 Å². The molecule has 1 aromatic carbocycles. The Hall–Kier alpha value is -1.49. The summed E-state index contributed by atoms with van der Waals surface area (Å²) in [4.78, 5) is 11.7. The second kappa shape index (κ2) is 3.58. The highest BCUT2D eigenvalue weighted by atomic mass is 79.9. The molecule has 0 unspecified atom stereocenters. The lowest BCUT2D eigenvalue weighted by Crippen LogP contribution is -2.16. The number of nitrogens with zero attached hydrogens (tertiary/aromatic N) is 1. The highest BCUT2D eigenvalue weighted by Crippen LogP contribution is 2.13. The minimum atomic E-state index is -0.213. The summed E-state index contributed by atoms with van der Waals surface area (Å²) in [6, 6.07) is 7.41. The third-order valence-corrected chi connectivity index (χ3v) is 2.73. The molecule has 0 saturated carbocycles. The van der Waals surface area contributed by atoms with Gasteiger partial charge in [0.2, 0.25) is 0 Å². The van der Waals surface area contributed by atoms with E-state index in [1.54, 1.807) is 6.92 Å². The van der Waals surface area contributed by atoms with Crippen LogP contribution in [0.25, 0.3) is 5.69 Å². The largest absolute Gasteiger partial charge is 0.393 e. The highest BCUT2D eigenvalue weighted by Gasteiger charge is 2.08. The molecule has 0 radical (unpaired) electrons. The average Bonchev–Trinajstić information content (AvgIpc) is 2.47. The molecular weight excluding hydrogens is 258 g/mol. The first-order chi connectivity index (χ1) is 7.09. The van der Waals surface area contributed by atoms with E-state index in [0.717, 1.165) is 10.2 Å². The normalized spacial score (nSPS) is 10.5. The zero-order valence-electron chi connectivity index (χ0n) is 8.12. The van der Waals surface area contributed by atoms with Gasteiger partial charge in [-0.25, -0.2) is 4.68 Å². The molecule has 0 bridgehead atoms. The van der Waals surface area contributed by atoms with Gasteiger partial charge in [-0.15, -0.1) is 0 Å². The van der Waals surface area contributed by atoms with Gasteiger partial charge in [-0.05, 0) is 31.2 Å². The lowest BCUT2D eigenvalue weighted by Gasteiger charge is -2.00. The molecule has 0 aliphatic rings. The van der Waals surface area contributed by atoms with Gasteiger partial charge in [0.05, 0.1) is 11.4 Å². The Morgan fingerprint density at radius 3 is 2.40 bits per heavy atom. The van der Waals surface area contributed by atoms with Gasteiger partial charge >= 0.3 is 0 Å². The van der Waals surface area contributed by atoms with E-state index in [4.69, 9.17) is 5.73 Å². The smallest absolute Gasteiger partial charge is 0.294 e. The molecule has 2 aromatic rings. The maximum absolute atomic E-state index is 11.7. The van der Waals surface area contributed by atoms with Crippen LogP contribution in [0.2, 0.25) is 0 Å². The molecule has 1 heterocycles. The molecule has 2 rings (SSSR count). The molecule has 15 heavy (non-hydrogen) atoms. The van der Waals surface area contributed by atoms with Crippen LogP contribution in [0.15, 0.2) is 33.5 Å². The number of aryl methyl sites for hydroxylation is 1. The van der Waals surface area contributed by atoms with Gasteiger partial charge in [-0.3, -0.25) is 9.89 Å². The number of H-pyrrole nitrogens is 1. The number of benzene rings is 1. The summed E-state index contributed by atoms with van der Waals surface area (Å²) < 4.78 is 2.40. The Morgan fingerprint density at radius 2 is 1.93 bits per heavy atom. The number of hydrogen-bond acceptors (Lipinski definition) is 2. The van der Waals surface area contributed by atoms with Crippen molar-refractivity contribution in [3.63, 3.8) is 0 Å². The van der Waals surface area contributed by atoms with E-state index < -0.39 is 0 Å². The van der Waals surface area contributed by atoms with Crippen LogP contribution < -0.4 is 11.3 Å². The minimum Gasteiger partial charge on any atom is -0.393 e. The molecule has 1 aromatic heterocycles. The quantitative estimate of drug-likeness (QED) is 0.828. The van der Waals surface area contributed by atoms with Crippen molar-refractivity contribution in [2.24, 2.45) is 0 Å². The van der Waals surface area contributed by atoms with Crippen LogP contribution in [0, 0.1) is 6.92 Å². The van der Waals surface area contributed by atoms with Crippen LogP contribution in [0.1, 0.15) is 5.69 Å². The fourth-order valence-corrected chi connectivity index (χ4v) is 1.60. The molecule has 4 nitrogen and oxygen atoms in total. The van der Waals surface area contributed by atoms with Crippen molar-refractivity contribution in [3.8, 4) is 5.69 Å². The van der Waals surface area contributed by atoms with Crippen LogP contribution in [-0.2, 0) is 0 Å². The predicted molar refractivity (Wildman–Crippen MR) is 63.2 cm³/mol. The lowest BCUT2D eigenvalue weighted by atomic mass is 10.3. The summed E-state index contributed by atoms with van der Waals surface area (Å²) in [5.74, 6) is 0. The standard InChI is InChI=1S/C10H10BrN3O/c1-6-9(12)10(15)14(13-6)8-4-2-7(11)3-5-8/h2-5,13H,12H2,1H3. The molecular formula is C10H10BrN3O. The van der Waals surface area contributed by atoms with Crippen molar-refractivity contribution in [2.75, 3.05) is 5.73 Å². The van der Waals surface area contributed by atoms with Gasteiger partial charge in [0.15, 0.2) is 0 Å². The Balaban J connectivity index is 2.59. The van der Waals surface area contributed by atoms with Crippen molar-refractivity contribution < 1.29 is 0 Å². The van der Waals surface area contributed by atoms with E-state index in [1.807, 2.05) is 24.3 Å². The van der Waals surface area contributed by atoms with E-state index in [9.17, 15) is 4.79 Å². The van der Waals surface area contributed by atoms with Crippen molar-refractivity contribution >= 4 is 21.6 Å². The Labute approximate surface area is 94.8 Å². The lowest BCUT2D eigenvalue weighted by molar-refractivity contribution is 0.835. The number of nitrogens with one attached hydrogen (secondary N) is 1.